The van der Waals surface area contributed by atoms with E-state index in [-0.39, 0.29) is 0 Å². The van der Waals surface area contributed by atoms with Crippen LogP contribution in [0.5, 0.6) is 0 Å². The van der Waals surface area contributed by atoms with Crippen molar-refractivity contribution in [2.45, 2.75) is 38.0 Å². The van der Waals surface area contributed by atoms with Gasteiger partial charge < -0.3 is 5.11 Å². The number of aliphatic hydroxyl groups is 1. The van der Waals surface area contributed by atoms with E-state index in [4.69, 9.17) is 0 Å². The molecule has 2 fully saturated rings. The van der Waals surface area contributed by atoms with E-state index >= 15 is 0 Å². The number of rotatable bonds is 3. The van der Waals surface area contributed by atoms with Crippen LogP contribution < -0.4 is 0 Å². The van der Waals surface area contributed by atoms with Crippen molar-refractivity contribution in [2.75, 3.05) is 36.1 Å². The first kappa shape index (κ1) is 15.6. The van der Waals surface area contributed by atoms with Crippen LogP contribution in [0.25, 0.3) is 0 Å². The normalized spacial score (nSPS) is 24.9. The summed E-state index contributed by atoms with van der Waals surface area (Å²) < 4.78 is 1.95. The molecule has 0 bridgehead atoms. The average molecular weight is 329 g/mol. The number of piperidine rings is 1. The molecule has 0 spiro atoms. The first-order valence-corrected chi connectivity index (χ1v) is 10.0. The van der Waals surface area contributed by atoms with Gasteiger partial charge in [-0.2, -0.15) is 23.5 Å². The first-order valence-electron chi connectivity index (χ1n) is 7.73. The lowest BCUT2D eigenvalue weighted by molar-refractivity contribution is 0.150. The maximum atomic E-state index is 9.55. The van der Waals surface area contributed by atoms with E-state index < -0.39 is 6.10 Å². The summed E-state index contributed by atoms with van der Waals surface area (Å²) in [4.78, 5) is 2.66. The molecule has 3 rings (SSSR count). The fraction of sp³-hybridized carbons (Fsp3) is 0.857. The summed E-state index contributed by atoms with van der Waals surface area (Å²) >= 11 is 4.21. The Morgan fingerprint density at radius 2 is 1.86 bits per heavy atom. The quantitative estimate of drug-likeness (QED) is 0.913. The lowest BCUT2D eigenvalue weighted by atomic mass is 10.0. The molecule has 0 saturated carbocycles. The average Bonchev–Trinajstić information content (AvgIpc) is 2.84. The number of hydrogen-bond donors (Lipinski definition) is 1. The van der Waals surface area contributed by atoms with E-state index in [1.54, 1.807) is 6.92 Å². The maximum Gasteiger partial charge on any atom is 0.111 e. The summed E-state index contributed by atoms with van der Waals surface area (Å²) in [6, 6.07) is 1.18. The lowest BCUT2D eigenvalue weighted by Crippen LogP contribution is -2.44. The van der Waals surface area contributed by atoms with Gasteiger partial charge in [0.25, 0.3) is 0 Å². The van der Waals surface area contributed by atoms with Crippen LogP contribution in [0.1, 0.15) is 37.6 Å². The zero-order valence-electron chi connectivity index (χ0n) is 12.5. The second-order valence-corrected chi connectivity index (χ2v) is 8.17. The van der Waals surface area contributed by atoms with Crippen LogP contribution in [0.15, 0.2) is 6.20 Å². The van der Waals surface area contributed by atoms with Crippen LogP contribution in [0, 0.1) is 0 Å². The molecular weight excluding hydrogens is 304 g/mol. The van der Waals surface area contributed by atoms with Crippen LogP contribution in [0.3, 0.4) is 0 Å². The standard InChI is InChI=1S/C14H24N4OS2/c1-11(19)14-8-18(16-15-14)12-2-4-17(5-3-12)13-9-20-6-7-21-10-13/h8,11-13,19H,2-7,9-10H2,1H3. The molecule has 2 aliphatic rings. The molecular formula is C14H24N4OS2. The summed E-state index contributed by atoms with van der Waals surface area (Å²) in [5, 5.41) is 17.8. The number of thioether (sulfide) groups is 2. The molecule has 0 radical (unpaired) electrons. The van der Waals surface area contributed by atoms with Gasteiger partial charge in [0.1, 0.15) is 5.69 Å². The topological polar surface area (TPSA) is 54.2 Å². The summed E-state index contributed by atoms with van der Waals surface area (Å²) in [6.07, 6.45) is 3.64. The number of hydrogen-bond acceptors (Lipinski definition) is 6. The van der Waals surface area contributed by atoms with Crippen molar-refractivity contribution in [3.05, 3.63) is 11.9 Å². The molecule has 5 nitrogen and oxygen atoms in total. The minimum atomic E-state index is -0.529. The predicted molar refractivity (Wildman–Crippen MR) is 88.9 cm³/mol. The van der Waals surface area contributed by atoms with Gasteiger partial charge in [0.05, 0.1) is 18.3 Å². The van der Waals surface area contributed by atoms with Gasteiger partial charge in [-0.05, 0) is 19.8 Å². The third kappa shape index (κ3) is 3.94. The Hall–Kier alpha value is -0.240. The lowest BCUT2D eigenvalue weighted by Gasteiger charge is -2.36. The van der Waals surface area contributed by atoms with Crippen molar-refractivity contribution >= 4 is 23.5 Å². The fourth-order valence-corrected chi connectivity index (χ4v) is 5.62. The minimum absolute atomic E-state index is 0.437. The molecule has 1 aromatic heterocycles. The molecule has 2 aliphatic heterocycles. The molecule has 1 N–H and O–H groups in total. The van der Waals surface area contributed by atoms with E-state index in [1.165, 1.54) is 23.0 Å². The Morgan fingerprint density at radius 1 is 1.19 bits per heavy atom. The van der Waals surface area contributed by atoms with Crippen molar-refractivity contribution in [1.29, 1.82) is 0 Å². The largest absolute Gasteiger partial charge is 0.387 e. The van der Waals surface area contributed by atoms with Crippen LogP contribution in [0.2, 0.25) is 0 Å². The molecule has 118 valence electrons. The van der Waals surface area contributed by atoms with Gasteiger partial charge in [-0.1, -0.05) is 5.21 Å². The number of nitrogens with zero attached hydrogens (tertiary/aromatic N) is 4. The molecule has 3 heterocycles. The van der Waals surface area contributed by atoms with Crippen LogP contribution in [-0.2, 0) is 0 Å². The van der Waals surface area contributed by atoms with E-state index in [9.17, 15) is 5.11 Å². The zero-order valence-corrected chi connectivity index (χ0v) is 14.2. The molecule has 1 atom stereocenters. The Kier molecular flexibility index (Phi) is 5.48. The zero-order chi connectivity index (χ0) is 14.7. The van der Waals surface area contributed by atoms with Crippen molar-refractivity contribution in [1.82, 2.24) is 19.9 Å². The summed E-state index contributed by atoms with van der Waals surface area (Å²) in [6.45, 7) is 4.04. The highest BCUT2D eigenvalue weighted by atomic mass is 32.2. The van der Waals surface area contributed by atoms with Gasteiger partial charge in [-0.3, -0.25) is 4.90 Å². The first-order chi connectivity index (χ1) is 10.2. The highest BCUT2D eigenvalue weighted by Gasteiger charge is 2.27. The SMILES string of the molecule is CC(O)c1cn(C2CCN(C3CSCCSC3)CC2)nn1. The van der Waals surface area contributed by atoms with Crippen LogP contribution >= 0.6 is 23.5 Å². The molecule has 21 heavy (non-hydrogen) atoms. The second-order valence-electron chi connectivity index (χ2n) is 5.87. The Bertz CT molecular complexity index is 438. The third-order valence-corrected chi connectivity index (χ3v) is 6.82. The summed E-state index contributed by atoms with van der Waals surface area (Å²) in [5.74, 6) is 5.18. The van der Waals surface area contributed by atoms with E-state index in [0.717, 1.165) is 32.0 Å². The van der Waals surface area contributed by atoms with Crippen molar-refractivity contribution in [3.63, 3.8) is 0 Å². The van der Waals surface area contributed by atoms with Gasteiger partial charge in [-0.25, -0.2) is 4.68 Å². The monoisotopic (exact) mass is 328 g/mol. The molecule has 0 amide bonds. The molecule has 7 heteroatoms. The number of aliphatic hydroxyl groups excluding tert-OH is 1. The van der Waals surface area contributed by atoms with E-state index in [1.807, 2.05) is 10.9 Å². The highest BCUT2D eigenvalue weighted by molar-refractivity contribution is 8.03. The number of likely N-dealkylation sites (tertiary alicyclic amines) is 1. The van der Waals surface area contributed by atoms with Crippen molar-refractivity contribution < 1.29 is 5.11 Å². The number of aromatic nitrogens is 3. The van der Waals surface area contributed by atoms with Crippen LogP contribution in [0.4, 0.5) is 0 Å². The van der Waals surface area contributed by atoms with Crippen molar-refractivity contribution in [3.8, 4) is 0 Å². The van der Waals surface area contributed by atoms with Gasteiger partial charge in [-0.15, -0.1) is 5.10 Å². The predicted octanol–water partition coefficient (Wildman–Crippen LogP) is 1.82. The van der Waals surface area contributed by atoms with Gasteiger partial charge >= 0.3 is 0 Å². The summed E-state index contributed by atoms with van der Waals surface area (Å²) in [7, 11) is 0. The smallest absolute Gasteiger partial charge is 0.111 e. The summed E-state index contributed by atoms with van der Waals surface area (Å²) in [5.41, 5.74) is 0.675. The Morgan fingerprint density at radius 3 is 2.43 bits per heavy atom. The molecule has 0 aliphatic carbocycles. The second kappa shape index (κ2) is 7.35. The van der Waals surface area contributed by atoms with E-state index in [2.05, 4.69) is 38.7 Å². The Labute approximate surface area is 134 Å². The Balaban J connectivity index is 1.54. The van der Waals surface area contributed by atoms with Gasteiger partial charge in [0.15, 0.2) is 0 Å². The fourth-order valence-electron chi connectivity index (χ4n) is 2.99. The third-order valence-electron chi connectivity index (χ3n) is 4.34. The highest BCUT2D eigenvalue weighted by Crippen LogP contribution is 2.27. The maximum absolute atomic E-state index is 9.55. The molecule has 0 aromatic carbocycles. The van der Waals surface area contributed by atoms with Crippen LogP contribution in [-0.4, -0.2) is 67.1 Å². The van der Waals surface area contributed by atoms with E-state index in [0.29, 0.717) is 11.7 Å². The van der Waals surface area contributed by atoms with Gasteiger partial charge in [0.2, 0.25) is 0 Å². The van der Waals surface area contributed by atoms with Gasteiger partial charge in [0, 0.05) is 42.1 Å². The molecule has 2 saturated heterocycles. The molecule has 1 aromatic rings. The minimum Gasteiger partial charge on any atom is -0.387 e. The van der Waals surface area contributed by atoms with Crippen molar-refractivity contribution in [2.24, 2.45) is 0 Å². The molecule has 1 unspecified atom stereocenters.